The molecule has 1 atom stereocenters. The van der Waals surface area contributed by atoms with Crippen molar-refractivity contribution in [3.63, 3.8) is 0 Å². The van der Waals surface area contributed by atoms with Crippen LogP contribution in [0.5, 0.6) is 0 Å². The van der Waals surface area contributed by atoms with Crippen LogP contribution in [-0.2, 0) is 4.79 Å². The van der Waals surface area contributed by atoms with Crippen molar-refractivity contribution in [3.8, 4) is 0 Å². The van der Waals surface area contributed by atoms with Crippen LogP contribution in [0.2, 0.25) is 0 Å². The molecule has 0 saturated heterocycles. The van der Waals surface area contributed by atoms with Gasteiger partial charge < -0.3 is 11.1 Å². The fourth-order valence-corrected chi connectivity index (χ4v) is 1.51. The van der Waals surface area contributed by atoms with Crippen LogP contribution in [0.1, 0.15) is 39.5 Å². The number of primary amides is 1. The molecular formula is C12H24N2O. The quantitative estimate of drug-likeness (QED) is 0.452. The highest BCUT2D eigenvalue weighted by Gasteiger charge is 2.17. The van der Waals surface area contributed by atoms with E-state index < -0.39 is 0 Å². The maximum atomic E-state index is 11.1. The Morgan fingerprint density at radius 2 is 2.07 bits per heavy atom. The number of hydrogen-bond donors (Lipinski definition) is 2. The number of rotatable bonds is 9. The van der Waals surface area contributed by atoms with Crippen LogP contribution in [0.15, 0.2) is 12.7 Å². The molecule has 0 spiro atoms. The lowest BCUT2D eigenvalue weighted by molar-refractivity contribution is -0.121. The molecule has 0 aliphatic carbocycles. The molecule has 0 aromatic rings. The summed E-state index contributed by atoms with van der Waals surface area (Å²) in [6.45, 7) is 8.54. The number of carbonyl (C=O) groups is 1. The Morgan fingerprint density at radius 1 is 1.40 bits per heavy atom. The van der Waals surface area contributed by atoms with Gasteiger partial charge in [-0.1, -0.05) is 26.3 Å². The van der Waals surface area contributed by atoms with Gasteiger partial charge in [-0.15, -0.1) is 6.58 Å². The molecule has 0 bridgehead atoms. The van der Waals surface area contributed by atoms with Crippen molar-refractivity contribution < 1.29 is 4.79 Å². The average Bonchev–Trinajstić information content (AvgIpc) is 2.15. The zero-order chi connectivity index (χ0) is 11.7. The zero-order valence-corrected chi connectivity index (χ0v) is 9.96. The van der Waals surface area contributed by atoms with Gasteiger partial charge in [-0.2, -0.15) is 0 Å². The minimum atomic E-state index is -0.254. The molecule has 3 heteroatoms. The number of carbonyl (C=O) groups excluding carboxylic acids is 1. The molecule has 88 valence electrons. The van der Waals surface area contributed by atoms with Gasteiger partial charge in [0, 0.05) is 0 Å². The van der Waals surface area contributed by atoms with Crippen LogP contribution in [0, 0.1) is 5.92 Å². The molecule has 0 radical (unpaired) electrons. The Hall–Kier alpha value is -0.830. The van der Waals surface area contributed by atoms with Crippen molar-refractivity contribution in [3.05, 3.63) is 12.7 Å². The highest BCUT2D eigenvalue weighted by molar-refractivity contribution is 5.80. The summed E-state index contributed by atoms with van der Waals surface area (Å²) in [7, 11) is 0. The third kappa shape index (κ3) is 7.14. The Bertz CT molecular complexity index is 190. The molecule has 15 heavy (non-hydrogen) atoms. The first-order valence-corrected chi connectivity index (χ1v) is 5.73. The van der Waals surface area contributed by atoms with Crippen LogP contribution in [0.4, 0.5) is 0 Å². The highest BCUT2D eigenvalue weighted by atomic mass is 16.1. The summed E-state index contributed by atoms with van der Waals surface area (Å²) >= 11 is 0. The van der Waals surface area contributed by atoms with Crippen molar-refractivity contribution in [2.45, 2.75) is 45.6 Å². The van der Waals surface area contributed by atoms with E-state index in [0.717, 1.165) is 19.4 Å². The maximum absolute atomic E-state index is 11.1. The number of nitrogens with one attached hydrogen (secondary N) is 1. The number of unbranched alkanes of at least 4 members (excludes halogenated alkanes) is 3. The standard InChI is InChI=1S/C12H24N2O/c1-4-5-6-7-8-9-14-11(10(2)3)12(13)15/h4,10-11,14H,1,5-9H2,2-3H3,(H2,13,15). The largest absolute Gasteiger partial charge is 0.368 e. The second kappa shape index (κ2) is 8.48. The Balaban J connectivity index is 3.54. The van der Waals surface area contributed by atoms with E-state index in [9.17, 15) is 4.79 Å². The summed E-state index contributed by atoms with van der Waals surface area (Å²) in [6.07, 6.45) is 6.44. The first-order valence-electron chi connectivity index (χ1n) is 5.73. The molecular weight excluding hydrogens is 188 g/mol. The van der Waals surface area contributed by atoms with Crippen LogP contribution >= 0.6 is 0 Å². The zero-order valence-electron chi connectivity index (χ0n) is 9.96. The van der Waals surface area contributed by atoms with Crippen LogP contribution < -0.4 is 11.1 Å². The maximum Gasteiger partial charge on any atom is 0.234 e. The summed E-state index contributed by atoms with van der Waals surface area (Å²) < 4.78 is 0. The Morgan fingerprint density at radius 3 is 2.53 bits per heavy atom. The molecule has 0 saturated carbocycles. The normalized spacial score (nSPS) is 12.7. The van der Waals surface area contributed by atoms with Gasteiger partial charge in [0.1, 0.15) is 0 Å². The Labute approximate surface area is 93.1 Å². The number of nitrogens with two attached hydrogens (primary N) is 1. The first kappa shape index (κ1) is 14.2. The van der Waals surface area contributed by atoms with Crippen molar-refractivity contribution in [2.24, 2.45) is 11.7 Å². The molecule has 0 aliphatic heterocycles. The predicted octanol–water partition coefficient (Wildman–Crippen LogP) is 1.83. The second-order valence-electron chi connectivity index (χ2n) is 4.22. The van der Waals surface area contributed by atoms with Gasteiger partial charge in [-0.3, -0.25) is 4.79 Å². The van der Waals surface area contributed by atoms with Crippen molar-refractivity contribution in [1.82, 2.24) is 5.32 Å². The van der Waals surface area contributed by atoms with Crippen LogP contribution in [0.25, 0.3) is 0 Å². The number of allylic oxidation sites excluding steroid dienone is 1. The molecule has 3 N–H and O–H groups in total. The monoisotopic (exact) mass is 212 g/mol. The van der Waals surface area contributed by atoms with E-state index in [0.29, 0.717) is 0 Å². The van der Waals surface area contributed by atoms with E-state index in [1.807, 2.05) is 19.9 Å². The minimum absolute atomic E-state index is 0.190. The van der Waals surface area contributed by atoms with E-state index in [1.165, 1.54) is 12.8 Å². The topological polar surface area (TPSA) is 55.1 Å². The number of hydrogen-bond acceptors (Lipinski definition) is 2. The fourth-order valence-electron chi connectivity index (χ4n) is 1.51. The molecule has 0 aliphatic rings. The van der Waals surface area contributed by atoms with E-state index >= 15 is 0 Å². The lowest BCUT2D eigenvalue weighted by Crippen LogP contribution is -2.45. The second-order valence-corrected chi connectivity index (χ2v) is 4.22. The third-order valence-electron chi connectivity index (χ3n) is 2.42. The lowest BCUT2D eigenvalue weighted by atomic mass is 10.0. The van der Waals surface area contributed by atoms with Gasteiger partial charge in [0.15, 0.2) is 0 Å². The fraction of sp³-hybridized carbons (Fsp3) is 0.750. The van der Waals surface area contributed by atoms with E-state index in [2.05, 4.69) is 11.9 Å². The third-order valence-corrected chi connectivity index (χ3v) is 2.42. The molecule has 0 heterocycles. The molecule has 0 rings (SSSR count). The molecule has 0 aromatic carbocycles. The molecule has 0 aromatic heterocycles. The highest BCUT2D eigenvalue weighted by Crippen LogP contribution is 2.03. The van der Waals surface area contributed by atoms with Crippen LogP contribution in [-0.4, -0.2) is 18.5 Å². The van der Waals surface area contributed by atoms with E-state index in [1.54, 1.807) is 0 Å². The van der Waals surface area contributed by atoms with Gasteiger partial charge in [0.2, 0.25) is 5.91 Å². The summed E-state index contributed by atoms with van der Waals surface area (Å²) in [4.78, 5) is 11.1. The summed E-state index contributed by atoms with van der Waals surface area (Å²) in [6, 6.07) is -0.190. The summed E-state index contributed by atoms with van der Waals surface area (Å²) in [5.74, 6) is 0.00627. The molecule has 3 nitrogen and oxygen atoms in total. The van der Waals surface area contributed by atoms with Crippen molar-refractivity contribution in [1.29, 1.82) is 0 Å². The average molecular weight is 212 g/mol. The van der Waals surface area contributed by atoms with Gasteiger partial charge in [0.25, 0.3) is 0 Å². The van der Waals surface area contributed by atoms with Gasteiger partial charge in [-0.05, 0) is 31.7 Å². The van der Waals surface area contributed by atoms with Gasteiger partial charge in [0.05, 0.1) is 6.04 Å². The van der Waals surface area contributed by atoms with Gasteiger partial charge in [-0.25, -0.2) is 0 Å². The molecule has 0 fully saturated rings. The minimum Gasteiger partial charge on any atom is -0.368 e. The summed E-state index contributed by atoms with van der Waals surface area (Å²) in [5.41, 5.74) is 5.29. The number of amides is 1. The predicted molar refractivity (Wildman–Crippen MR) is 64.5 cm³/mol. The first-order chi connectivity index (χ1) is 7.09. The molecule has 1 amide bonds. The Kier molecular flexibility index (Phi) is 8.01. The smallest absolute Gasteiger partial charge is 0.234 e. The summed E-state index contributed by atoms with van der Waals surface area (Å²) in [5, 5.41) is 3.20. The molecule has 1 unspecified atom stereocenters. The van der Waals surface area contributed by atoms with E-state index in [-0.39, 0.29) is 17.9 Å². The van der Waals surface area contributed by atoms with Crippen molar-refractivity contribution >= 4 is 5.91 Å². The van der Waals surface area contributed by atoms with Gasteiger partial charge >= 0.3 is 0 Å². The SMILES string of the molecule is C=CCCCCCNC(C(N)=O)C(C)C. The lowest BCUT2D eigenvalue weighted by Gasteiger charge is -2.18. The van der Waals surface area contributed by atoms with Crippen LogP contribution in [0.3, 0.4) is 0 Å². The van der Waals surface area contributed by atoms with E-state index in [4.69, 9.17) is 5.73 Å². The van der Waals surface area contributed by atoms with Crippen molar-refractivity contribution in [2.75, 3.05) is 6.54 Å².